The topological polar surface area (TPSA) is 115 Å². The van der Waals surface area contributed by atoms with Gasteiger partial charge in [0.2, 0.25) is 0 Å². The molecule has 0 radical (unpaired) electrons. The average Bonchev–Trinajstić information content (AvgIpc) is 3.33. The zero-order chi connectivity index (χ0) is 27.8. The molecule has 0 saturated carbocycles. The fourth-order valence-corrected chi connectivity index (χ4v) is 7.83. The van der Waals surface area contributed by atoms with Crippen LogP contribution in [0.3, 0.4) is 0 Å². The first-order chi connectivity index (χ1) is 18.5. The van der Waals surface area contributed by atoms with Gasteiger partial charge in [-0.05, 0) is 42.5 Å². The summed E-state index contributed by atoms with van der Waals surface area (Å²) in [7, 11) is -4.17. The van der Waals surface area contributed by atoms with Crippen LogP contribution in [-0.2, 0) is 19.4 Å². The number of hydrogen-bond donors (Lipinski definition) is 1. The first kappa shape index (κ1) is 27.5. The standard InChI is InChI=1S/C25H25F3N2O7S2/c26-25(27,28)37-18-3-1-16(2-4-18)36-17-7-11-30(12-8-17)23-29-20-6-5-19(15-21(20)38-23)39(33,34)24(22(31)32)9-13-35-14-10-24/h1-6,15,17H,7-14H2,(H,31,32). The lowest BCUT2D eigenvalue weighted by molar-refractivity contribution is -0.274. The first-order valence-electron chi connectivity index (χ1n) is 12.2. The Hall–Kier alpha value is -3.10. The van der Waals surface area contributed by atoms with Gasteiger partial charge >= 0.3 is 12.3 Å². The third-order valence-electron chi connectivity index (χ3n) is 6.94. The van der Waals surface area contributed by atoms with Crippen molar-refractivity contribution < 1.29 is 45.7 Å². The van der Waals surface area contributed by atoms with Gasteiger partial charge in [-0.2, -0.15) is 0 Å². The number of thiazole rings is 1. The molecule has 9 nitrogen and oxygen atoms in total. The van der Waals surface area contributed by atoms with Crippen molar-refractivity contribution in [2.45, 2.75) is 47.8 Å². The second-order valence-corrected chi connectivity index (χ2v) is 12.6. The molecule has 210 valence electrons. The Labute approximate surface area is 226 Å². The van der Waals surface area contributed by atoms with Gasteiger partial charge in [0.15, 0.2) is 19.7 Å². The van der Waals surface area contributed by atoms with Crippen LogP contribution in [0.1, 0.15) is 25.7 Å². The van der Waals surface area contributed by atoms with Crippen molar-refractivity contribution in [1.82, 2.24) is 4.98 Å². The van der Waals surface area contributed by atoms with Crippen LogP contribution in [0.25, 0.3) is 10.2 Å². The predicted octanol–water partition coefficient (Wildman–Crippen LogP) is 4.65. The minimum Gasteiger partial charge on any atom is -0.490 e. The van der Waals surface area contributed by atoms with Gasteiger partial charge in [-0.1, -0.05) is 11.3 Å². The van der Waals surface area contributed by atoms with E-state index in [-0.39, 0.29) is 42.8 Å². The molecule has 2 aromatic carbocycles. The molecular formula is C25H25F3N2O7S2. The number of benzene rings is 2. The molecule has 5 rings (SSSR count). The number of alkyl halides is 3. The summed E-state index contributed by atoms with van der Waals surface area (Å²) in [6.07, 6.45) is -3.80. The van der Waals surface area contributed by atoms with E-state index in [2.05, 4.69) is 14.6 Å². The highest BCUT2D eigenvalue weighted by Crippen LogP contribution is 2.38. The van der Waals surface area contributed by atoms with E-state index in [1.165, 1.54) is 47.7 Å². The van der Waals surface area contributed by atoms with Crippen LogP contribution in [0.4, 0.5) is 18.3 Å². The van der Waals surface area contributed by atoms with Crippen LogP contribution >= 0.6 is 11.3 Å². The number of hydrogen-bond acceptors (Lipinski definition) is 9. The minimum absolute atomic E-state index is 0.0479. The Morgan fingerprint density at radius 2 is 1.72 bits per heavy atom. The smallest absolute Gasteiger partial charge is 0.490 e. The molecule has 2 fully saturated rings. The Morgan fingerprint density at radius 3 is 2.33 bits per heavy atom. The van der Waals surface area contributed by atoms with Gasteiger partial charge in [0.05, 0.1) is 15.1 Å². The summed E-state index contributed by atoms with van der Waals surface area (Å²) in [5, 5.41) is 10.5. The lowest BCUT2D eigenvalue weighted by Crippen LogP contribution is -2.50. The molecule has 3 heterocycles. The molecule has 2 aliphatic rings. The Balaban J connectivity index is 1.25. The van der Waals surface area contributed by atoms with Crippen molar-refractivity contribution in [3.05, 3.63) is 42.5 Å². The van der Waals surface area contributed by atoms with Crippen LogP contribution in [-0.4, -0.2) is 68.0 Å². The molecule has 1 aromatic heterocycles. The fourth-order valence-electron chi connectivity index (χ4n) is 4.80. The lowest BCUT2D eigenvalue weighted by atomic mass is 9.99. The fraction of sp³-hybridized carbons (Fsp3) is 0.440. The molecule has 3 aromatic rings. The maximum atomic E-state index is 13.4. The molecular weight excluding hydrogens is 561 g/mol. The highest BCUT2D eigenvalue weighted by molar-refractivity contribution is 7.93. The average molecular weight is 587 g/mol. The number of carboxylic acid groups (broad SMARTS) is 1. The summed E-state index contributed by atoms with van der Waals surface area (Å²) in [6.45, 7) is 1.37. The normalized spacial score (nSPS) is 18.7. The molecule has 0 unspecified atom stereocenters. The minimum atomic E-state index is -4.75. The summed E-state index contributed by atoms with van der Waals surface area (Å²) in [5.41, 5.74) is 0.616. The summed E-state index contributed by atoms with van der Waals surface area (Å²) < 4.78 is 77.6. The quantitative estimate of drug-likeness (QED) is 0.422. The number of aromatic nitrogens is 1. The summed E-state index contributed by atoms with van der Waals surface area (Å²) >= 11 is 1.33. The van der Waals surface area contributed by atoms with Gasteiger partial charge in [0.25, 0.3) is 0 Å². The SMILES string of the molecule is O=C(O)C1(S(=O)(=O)c2ccc3nc(N4CCC(Oc5ccc(OC(F)(F)F)cc5)CC4)sc3c2)CCOCC1. The zero-order valence-corrected chi connectivity index (χ0v) is 22.2. The van der Waals surface area contributed by atoms with Gasteiger partial charge in [-0.3, -0.25) is 4.79 Å². The predicted molar refractivity (Wildman–Crippen MR) is 136 cm³/mol. The highest BCUT2D eigenvalue weighted by Gasteiger charge is 2.52. The van der Waals surface area contributed by atoms with Crippen molar-refractivity contribution >= 4 is 42.5 Å². The van der Waals surface area contributed by atoms with Crippen LogP contribution in [0, 0.1) is 0 Å². The van der Waals surface area contributed by atoms with Crippen molar-refractivity contribution in [2.75, 3.05) is 31.2 Å². The molecule has 0 aliphatic carbocycles. The van der Waals surface area contributed by atoms with Gasteiger partial charge in [0.1, 0.15) is 17.6 Å². The molecule has 0 bridgehead atoms. The first-order valence-corrected chi connectivity index (χ1v) is 14.5. The molecule has 0 atom stereocenters. The van der Waals surface area contributed by atoms with Crippen molar-refractivity contribution in [3.63, 3.8) is 0 Å². The number of sulfone groups is 1. The number of ether oxygens (including phenoxy) is 3. The number of carboxylic acids is 1. The molecule has 1 N–H and O–H groups in total. The third kappa shape index (κ3) is 5.63. The second-order valence-electron chi connectivity index (χ2n) is 9.36. The van der Waals surface area contributed by atoms with E-state index >= 15 is 0 Å². The number of rotatable bonds is 7. The van der Waals surface area contributed by atoms with Gasteiger partial charge in [0, 0.05) is 52.0 Å². The van der Waals surface area contributed by atoms with Crippen molar-refractivity contribution in [3.8, 4) is 11.5 Å². The third-order valence-corrected chi connectivity index (χ3v) is 10.5. The van der Waals surface area contributed by atoms with Gasteiger partial charge in [-0.25, -0.2) is 13.4 Å². The Morgan fingerprint density at radius 1 is 1.08 bits per heavy atom. The maximum Gasteiger partial charge on any atom is 0.573 e. The van der Waals surface area contributed by atoms with Crippen LogP contribution in [0.2, 0.25) is 0 Å². The number of piperidine rings is 1. The number of carbonyl (C=O) groups is 1. The molecule has 39 heavy (non-hydrogen) atoms. The van der Waals surface area contributed by atoms with E-state index in [1.54, 1.807) is 6.07 Å². The summed E-state index contributed by atoms with van der Waals surface area (Å²) in [6, 6.07) is 9.77. The Kier molecular flexibility index (Phi) is 7.37. The second kappa shape index (κ2) is 10.5. The van der Waals surface area contributed by atoms with Gasteiger partial charge < -0.3 is 24.2 Å². The van der Waals surface area contributed by atoms with Crippen molar-refractivity contribution in [2.24, 2.45) is 0 Å². The number of aliphatic carboxylic acids is 1. The largest absolute Gasteiger partial charge is 0.573 e. The summed E-state index contributed by atoms with van der Waals surface area (Å²) in [4.78, 5) is 18.7. The van der Waals surface area contributed by atoms with Crippen LogP contribution in [0.5, 0.6) is 11.5 Å². The van der Waals surface area contributed by atoms with E-state index < -0.39 is 26.9 Å². The monoisotopic (exact) mass is 586 g/mol. The van der Waals surface area contributed by atoms with Crippen LogP contribution in [0.15, 0.2) is 47.4 Å². The van der Waals surface area contributed by atoms with Gasteiger partial charge in [-0.15, -0.1) is 13.2 Å². The molecule has 0 amide bonds. The zero-order valence-electron chi connectivity index (χ0n) is 20.5. The van der Waals surface area contributed by atoms with E-state index in [0.29, 0.717) is 47.0 Å². The van der Waals surface area contributed by atoms with E-state index in [9.17, 15) is 31.5 Å². The molecule has 0 spiro atoms. The highest BCUT2D eigenvalue weighted by atomic mass is 32.2. The van der Waals surface area contributed by atoms with E-state index in [0.717, 1.165) is 0 Å². The van der Waals surface area contributed by atoms with E-state index in [4.69, 9.17) is 9.47 Å². The lowest BCUT2D eigenvalue weighted by Gasteiger charge is -2.32. The molecule has 2 saturated heterocycles. The maximum absolute atomic E-state index is 13.4. The Bertz CT molecular complexity index is 1440. The number of nitrogens with zero attached hydrogens (tertiary/aromatic N) is 2. The van der Waals surface area contributed by atoms with Crippen molar-refractivity contribution in [1.29, 1.82) is 0 Å². The number of fused-ring (bicyclic) bond motifs is 1. The van der Waals surface area contributed by atoms with E-state index in [1.807, 2.05) is 0 Å². The summed E-state index contributed by atoms with van der Waals surface area (Å²) in [5.74, 6) is -1.24. The number of halogens is 3. The molecule has 2 aliphatic heterocycles. The number of anilines is 1. The van der Waals surface area contributed by atoms with Crippen LogP contribution < -0.4 is 14.4 Å². The molecule has 14 heteroatoms.